The van der Waals surface area contributed by atoms with Crippen LogP contribution in [0.15, 0.2) is 0 Å². The molecule has 0 aromatic carbocycles. The van der Waals surface area contributed by atoms with Gasteiger partial charge in [0.2, 0.25) is 0 Å². The summed E-state index contributed by atoms with van der Waals surface area (Å²) in [5.41, 5.74) is 0. The molecule has 0 unspecified atom stereocenters. The normalized spacial score (nSPS) is 3.71. The van der Waals surface area contributed by atoms with Crippen LogP contribution in [-0.4, -0.2) is 6.08 Å². The fraction of sp³-hybridized carbons (Fsp3) is 0.500. The first-order valence-corrected chi connectivity index (χ1v) is 1.63. The van der Waals surface area contributed by atoms with Crippen LogP contribution in [0.3, 0.4) is 0 Å². The maximum absolute atomic E-state index is 8.24. The molecular formula is C4H7NOY-2. The largest absolute Gasteiger partial charge is 0.724 e. The minimum atomic E-state index is 0. The van der Waals surface area contributed by atoms with Gasteiger partial charge in [0.05, 0.1) is 0 Å². The zero-order chi connectivity index (χ0) is 5.41. The standard InChI is InChI=1S/C3H7.CNO.Y/c1-3-2;2-1-3;/h1,3H2,2H3;;/q2*-1;. The van der Waals surface area contributed by atoms with E-state index in [0.29, 0.717) is 6.08 Å². The van der Waals surface area contributed by atoms with Crippen molar-refractivity contribution in [1.29, 1.82) is 0 Å². The summed E-state index contributed by atoms with van der Waals surface area (Å²) >= 11 is 0. The number of rotatable bonds is 0. The Morgan fingerprint density at radius 3 is 1.86 bits per heavy atom. The second-order valence-electron chi connectivity index (χ2n) is 0.591. The Balaban J connectivity index is -0.0000000400. The van der Waals surface area contributed by atoms with E-state index in [0.717, 1.165) is 6.42 Å². The predicted molar refractivity (Wildman–Crippen MR) is 24.7 cm³/mol. The van der Waals surface area contributed by atoms with E-state index in [4.69, 9.17) is 10.2 Å². The average molecular weight is 174 g/mol. The van der Waals surface area contributed by atoms with Crippen LogP contribution < -0.4 is 0 Å². The molecule has 0 spiro atoms. The van der Waals surface area contributed by atoms with Gasteiger partial charge in [-0.05, 0) is 6.08 Å². The first-order valence-electron chi connectivity index (χ1n) is 1.63. The van der Waals surface area contributed by atoms with Crippen molar-refractivity contribution in [2.45, 2.75) is 13.3 Å². The van der Waals surface area contributed by atoms with Crippen molar-refractivity contribution >= 4 is 6.08 Å². The summed E-state index contributed by atoms with van der Waals surface area (Å²) in [6.07, 6.45) is 1.50. The zero-order valence-corrected chi connectivity index (χ0v) is 7.19. The molecule has 0 aliphatic carbocycles. The van der Waals surface area contributed by atoms with Gasteiger partial charge in [-0.15, -0.1) is 0 Å². The molecule has 0 amide bonds. The van der Waals surface area contributed by atoms with Gasteiger partial charge in [-0.25, -0.2) is 0 Å². The molecule has 0 rings (SSSR count). The van der Waals surface area contributed by atoms with Crippen molar-refractivity contribution in [2.75, 3.05) is 0 Å². The van der Waals surface area contributed by atoms with Gasteiger partial charge in [0.25, 0.3) is 0 Å². The Morgan fingerprint density at radius 2 is 1.86 bits per heavy atom. The van der Waals surface area contributed by atoms with Gasteiger partial charge in [0.1, 0.15) is 0 Å². The second kappa shape index (κ2) is 31.6. The van der Waals surface area contributed by atoms with Crippen LogP contribution >= 0.6 is 0 Å². The van der Waals surface area contributed by atoms with Crippen molar-refractivity contribution in [3.63, 3.8) is 0 Å². The van der Waals surface area contributed by atoms with Gasteiger partial charge in [0.15, 0.2) is 0 Å². The molecule has 1 radical (unpaired) electrons. The van der Waals surface area contributed by atoms with Gasteiger partial charge in [-0.1, -0.05) is 6.92 Å². The van der Waals surface area contributed by atoms with Crippen LogP contribution in [0.5, 0.6) is 0 Å². The SMILES string of the molecule is [CH2-]CC.[N-]=C=O.[Y]. The molecule has 0 aromatic heterocycles. The van der Waals surface area contributed by atoms with Crippen LogP contribution in [-0.2, 0) is 37.5 Å². The van der Waals surface area contributed by atoms with E-state index < -0.39 is 0 Å². The topological polar surface area (TPSA) is 39.4 Å². The molecule has 0 aromatic rings. The molecule has 0 saturated heterocycles. The molecular weight excluding hydrogens is 167 g/mol. The van der Waals surface area contributed by atoms with Gasteiger partial charge in [-0.2, -0.15) is 6.42 Å². The van der Waals surface area contributed by atoms with Crippen molar-refractivity contribution in [1.82, 2.24) is 0 Å². The van der Waals surface area contributed by atoms with Gasteiger partial charge < -0.3 is 12.3 Å². The summed E-state index contributed by atoms with van der Waals surface area (Å²) in [5, 5.41) is 6.76. The Labute approximate surface area is 69.1 Å². The molecule has 39 valence electrons. The van der Waals surface area contributed by atoms with Crippen LogP contribution in [0.1, 0.15) is 13.3 Å². The third kappa shape index (κ3) is 557. The van der Waals surface area contributed by atoms with Crippen molar-refractivity contribution in [2.24, 2.45) is 0 Å². The number of nitrogens with zero attached hydrogens (tertiary/aromatic N) is 1. The van der Waals surface area contributed by atoms with Crippen LogP contribution in [0.4, 0.5) is 0 Å². The van der Waals surface area contributed by atoms with Crippen LogP contribution in [0, 0.1) is 6.92 Å². The molecule has 0 N–H and O–H groups in total. The summed E-state index contributed by atoms with van der Waals surface area (Å²) in [4.78, 5) is 8.24. The van der Waals surface area contributed by atoms with Crippen LogP contribution in [0.2, 0.25) is 0 Å². The predicted octanol–water partition coefficient (Wildman–Crippen LogP) is 1.12. The van der Waals surface area contributed by atoms with E-state index >= 15 is 0 Å². The third-order valence-corrected chi connectivity index (χ3v) is 0. The van der Waals surface area contributed by atoms with E-state index in [1.807, 2.05) is 6.92 Å². The second-order valence-corrected chi connectivity index (χ2v) is 0.591. The molecule has 0 aliphatic heterocycles. The Hall–Kier alpha value is 0.484. The molecule has 3 heteroatoms. The third-order valence-electron chi connectivity index (χ3n) is 0. The van der Waals surface area contributed by atoms with Crippen LogP contribution in [0.25, 0.3) is 5.41 Å². The number of isocyanates is 1. The maximum atomic E-state index is 8.24. The summed E-state index contributed by atoms with van der Waals surface area (Å²) in [6.45, 7) is 5.50. The number of carbonyl (C=O) groups excluding carboxylic acids is 1. The van der Waals surface area contributed by atoms with Crippen molar-refractivity contribution in [3.8, 4) is 0 Å². The van der Waals surface area contributed by atoms with E-state index in [2.05, 4.69) is 6.92 Å². The number of hydrogen-bond acceptors (Lipinski definition) is 1. The monoisotopic (exact) mass is 174 g/mol. The zero-order valence-electron chi connectivity index (χ0n) is 4.35. The molecule has 7 heavy (non-hydrogen) atoms. The minimum absolute atomic E-state index is 0. The van der Waals surface area contributed by atoms with Gasteiger partial charge in [-0.3, -0.25) is 4.79 Å². The maximum Gasteiger partial charge on any atom is 0 e. The van der Waals surface area contributed by atoms with Crippen molar-refractivity contribution in [3.05, 3.63) is 12.3 Å². The Bertz CT molecular complexity index is 41.0. The first kappa shape index (κ1) is 15.6. The van der Waals surface area contributed by atoms with Gasteiger partial charge >= 0.3 is 0 Å². The Kier molecular flexibility index (Phi) is 70.7. The molecule has 0 fully saturated rings. The molecule has 0 bridgehead atoms. The fourth-order valence-corrected chi connectivity index (χ4v) is 0. The Morgan fingerprint density at radius 1 is 1.86 bits per heavy atom. The quantitative estimate of drug-likeness (QED) is 0.308. The summed E-state index contributed by atoms with van der Waals surface area (Å²) in [7, 11) is 0. The first-order chi connectivity index (χ1) is 2.83. The summed E-state index contributed by atoms with van der Waals surface area (Å²) in [5.74, 6) is 0. The fourth-order valence-electron chi connectivity index (χ4n) is 0. The molecule has 0 aliphatic rings. The van der Waals surface area contributed by atoms with Crippen molar-refractivity contribution < 1.29 is 37.5 Å². The molecule has 0 saturated carbocycles. The molecule has 0 heterocycles. The summed E-state index contributed by atoms with van der Waals surface area (Å²) < 4.78 is 0. The average Bonchev–Trinajstić information content (AvgIpc) is 1.39. The molecule has 2 nitrogen and oxygen atoms in total. The van der Waals surface area contributed by atoms with E-state index in [1.54, 1.807) is 0 Å². The summed E-state index contributed by atoms with van der Waals surface area (Å²) in [6, 6.07) is 0. The minimum Gasteiger partial charge on any atom is -0.724 e. The van der Waals surface area contributed by atoms with E-state index in [-0.39, 0.29) is 32.7 Å². The van der Waals surface area contributed by atoms with E-state index in [1.165, 1.54) is 0 Å². The smallest absolute Gasteiger partial charge is 0 e. The van der Waals surface area contributed by atoms with E-state index in [9.17, 15) is 0 Å². The van der Waals surface area contributed by atoms with Gasteiger partial charge in [0, 0.05) is 32.7 Å². The number of hydrogen-bond donors (Lipinski definition) is 0. The molecule has 0 atom stereocenters.